The number of amides is 1. The zero-order chi connectivity index (χ0) is 22.8. The first-order valence-electron chi connectivity index (χ1n) is 10.7. The molecule has 9 nitrogen and oxygen atoms in total. The summed E-state index contributed by atoms with van der Waals surface area (Å²) in [5, 5.41) is 24.7. The number of rotatable bonds is 6. The predicted molar refractivity (Wildman–Crippen MR) is 118 cm³/mol. The maximum absolute atomic E-state index is 13.5. The quantitative estimate of drug-likeness (QED) is 0.520. The van der Waals surface area contributed by atoms with E-state index < -0.39 is 17.1 Å². The Labute approximate surface area is 186 Å². The number of benzene rings is 2. The van der Waals surface area contributed by atoms with Gasteiger partial charge < -0.3 is 19.9 Å². The van der Waals surface area contributed by atoms with Crippen LogP contribution < -0.4 is 14.8 Å². The summed E-state index contributed by atoms with van der Waals surface area (Å²) >= 11 is 0. The largest absolute Gasteiger partial charge is 0.454 e. The summed E-state index contributed by atoms with van der Waals surface area (Å²) < 4.78 is 10.7. The molecule has 0 bridgehead atoms. The maximum atomic E-state index is 13.5. The molecule has 0 aliphatic carbocycles. The molecule has 0 unspecified atom stereocenters. The van der Waals surface area contributed by atoms with E-state index in [0.29, 0.717) is 43.3 Å². The highest BCUT2D eigenvalue weighted by Crippen LogP contribution is 2.42. The van der Waals surface area contributed by atoms with Crippen molar-refractivity contribution in [1.82, 2.24) is 4.90 Å². The number of carbonyl (C=O) groups is 1. The summed E-state index contributed by atoms with van der Waals surface area (Å²) in [5.41, 5.74) is 1.81. The molecule has 1 fully saturated rings. The average Bonchev–Trinajstić information content (AvgIpc) is 3.22. The lowest BCUT2D eigenvalue weighted by Crippen LogP contribution is -2.43. The van der Waals surface area contributed by atoms with Crippen molar-refractivity contribution in [2.45, 2.75) is 44.8 Å². The normalized spacial score (nSPS) is 17.4. The van der Waals surface area contributed by atoms with Gasteiger partial charge in [0.15, 0.2) is 11.5 Å². The number of aliphatic hydroxyl groups is 1. The summed E-state index contributed by atoms with van der Waals surface area (Å²) in [6.07, 6.45) is 0.543. The average molecular weight is 441 g/mol. The molecule has 32 heavy (non-hydrogen) atoms. The summed E-state index contributed by atoms with van der Waals surface area (Å²) in [7, 11) is 0. The van der Waals surface area contributed by atoms with Gasteiger partial charge in [-0.25, -0.2) is 0 Å². The molecule has 2 N–H and O–H groups in total. The highest BCUT2D eigenvalue weighted by atomic mass is 16.7. The van der Waals surface area contributed by atoms with Crippen molar-refractivity contribution in [1.29, 1.82) is 0 Å². The van der Waals surface area contributed by atoms with Gasteiger partial charge in [-0.2, -0.15) is 0 Å². The number of nitrogens with one attached hydrogen (secondary N) is 1. The van der Waals surface area contributed by atoms with Crippen molar-refractivity contribution < 1.29 is 24.3 Å². The molecule has 1 saturated heterocycles. The van der Waals surface area contributed by atoms with Gasteiger partial charge >= 0.3 is 0 Å². The standard InChI is InChI=1S/C23H27N3O6/c1-14(2)15-3-5-16(6-4-15)24-23(28)22(25-9-7-17(27)8-10-25)18-11-20-21(32-13-31-20)12-19(18)26(29)30/h3-6,11-12,14,17,22,27H,7-10,13H2,1-2H3,(H,24,28)/t22-/m0/s1. The Balaban J connectivity index is 1.69. The Morgan fingerprint density at radius 1 is 1.16 bits per heavy atom. The molecule has 9 heteroatoms. The number of nitro benzene ring substituents is 1. The van der Waals surface area contributed by atoms with Crippen LogP contribution >= 0.6 is 0 Å². The van der Waals surface area contributed by atoms with E-state index in [9.17, 15) is 20.0 Å². The molecule has 2 aliphatic rings. The van der Waals surface area contributed by atoms with E-state index in [-0.39, 0.29) is 29.7 Å². The van der Waals surface area contributed by atoms with Gasteiger partial charge in [-0.15, -0.1) is 0 Å². The van der Waals surface area contributed by atoms with Crippen LogP contribution in [0.15, 0.2) is 36.4 Å². The van der Waals surface area contributed by atoms with Crippen LogP contribution in [0.25, 0.3) is 0 Å². The van der Waals surface area contributed by atoms with E-state index in [1.807, 2.05) is 29.2 Å². The summed E-state index contributed by atoms with van der Waals surface area (Å²) in [5.74, 6) is 0.656. The fourth-order valence-electron chi connectivity index (χ4n) is 4.13. The van der Waals surface area contributed by atoms with Crippen molar-refractivity contribution in [3.8, 4) is 11.5 Å². The van der Waals surface area contributed by atoms with Crippen LogP contribution in [0.2, 0.25) is 0 Å². The fourth-order valence-corrected chi connectivity index (χ4v) is 4.13. The van der Waals surface area contributed by atoms with Crippen LogP contribution in [0.3, 0.4) is 0 Å². The van der Waals surface area contributed by atoms with Gasteiger partial charge in [-0.05, 0) is 42.5 Å². The monoisotopic (exact) mass is 441 g/mol. The van der Waals surface area contributed by atoms with Gasteiger partial charge in [-0.3, -0.25) is 19.8 Å². The molecule has 0 saturated carbocycles. The lowest BCUT2D eigenvalue weighted by molar-refractivity contribution is -0.386. The zero-order valence-corrected chi connectivity index (χ0v) is 18.1. The number of hydrogen-bond donors (Lipinski definition) is 2. The molecular weight excluding hydrogens is 414 g/mol. The number of likely N-dealkylation sites (tertiary alicyclic amines) is 1. The Kier molecular flexibility index (Phi) is 6.29. The third-order valence-electron chi connectivity index (χ3n) is 5.97. The smallest absolute Gasteiger partial charge is 0.278 e. The predicted octanol–water partition coefficient (Wildman–Crippen LogP) is 3.58. The zero-order valence-electron chi connectivity index (χ0n) is 18.1. The van der Waals surface area contributed by atoms with Crippen molar-refractivity contribution in [2.24, 2.45) is 0 Å². The first-order valence-corrected chi connectivity index (χ1v) is 10.7. The van der Waals surface area contributed by atoms with Crippen LogP contribution in [-0.2, 0) is 4.79 Å². The lowest BCUT2D eigenvalue weighted by atomic mass is 9.97. The Bertz CT molecular complexity index is 1000. The topological polar surface area (TPSA) is 114 Å². The highest BCUT2D eigenvalue weighted by molar-refractivity contribution is 5.96. The first-order chi connectivity index (χ1) is 15.3. The number of hydrogen-bond acceptors (Lipinski definition) is 7. The minimum Gasteiger partial charge on any atom is -0.454 e. The molecule has 1 amide bonds. The summed E-state index contributed by atoms with van der Waals surface area (Å²) in [6, 6.07) is 9.50. The first kappa shape index (κ1) is 22.0. The van der Waals surface area contributed by atoms with Crippen molar-refractivity contribution in [2.75, 3.05) is 25.2 Å². The van der Waals surface area contributed by atoms with Crippen molar-refractivity contribution in [3.05, 3.63) is 57.6 Å². The van der Waals surface area contributed by atoms with Crippen LogP contribution in [0, 0.1) is 10.1 Å². The second kappa shape index (κ2) is 9.13. The number of piperidine rings is 1. The molecule has 0 aromatic heterocycles. The number of ether oxygens (including phenoxy) is 2. The molecule has 2 aromatic carbocycles. The number of nitro groups is 1. The molecule has 2 heterocycles. The van der Waals surface area contributed by atoms with Crippen LogP contribution in [0.4, 0.5) is 11.4 Å². The fraction of sp³-hybridized carbons (Fsp3) is 0.435. The number of carbonyl (C=O) groups excluding carboxylic acids is 1. The SMILES string of the molecule is CC(C)c1ccc(NC(=O)[C@H](c2cc3c(cc2[N+](=O)[O-])OCO3)N2CCC(O)CC2)cc1. The molecular formula is C23H27N3O6. The van der Waals surface area contributed by atoms with E-state index in [1.54, 1.807) is 0 Å². The molecule has 0 spiro atoms. The van der Waals surface area contributed by atoms with Crippen LogP contribution in [-0.4, -0.2) is 46.8 Å². The van der Waals surface area contributed by atoms with Crippen molar-refractivity contribution in [3.63, 3.8) is 0 Å². The molecule has 1 atom stereocenters. The van der Waals surface area contributed by atoms with Gasteiger partial charge in [0.2, 0.25) is 12.7 Å². The van der Waals surface area contributed by atoms with E-state index >= 15 is 0 Å². The Morgan fingerprint density at radius 3 is 2.38 bits per heavy atom. The van der Waals surface area contributed by atoms with Crippen LogP contribution in [0.5, 0.6) is 11.5 Å². The second-order valence-electron chi connectivity index (χ2n) is 8.46. The third-order valence-corrected chi connectivity index (χ3v) is 5.97. The van der Waals surface area contributed by atoms with Gasteiger partial charge in [0.1, 0.15) is 6.04 Å². The van der Waals surface area contributed by atoms with E-state index in [4.69, 9.17) is 9.47 Å². The summed E-state index contributed by atoms with van der Waals surface area (Å²) in [6.45, 7) is 5.04. The summed E-state index contributed by atoms with van der Waals surface area (Å²) in [4.78, 5) is 26.7. The minimum atomic E-state index is -0.915. The lowest BCUT2D eigenvalue weighted by Gasteiger charge is -2.35. The van der Waals surface area contributed by atoms with Gasteiger partial charge in [0.25, 0.3) is 5.69 Å². The van der Waals surface area contributed by atoms with Gasteiger partial charge in [-0.1, -0.05) is 26.0 Å². The highest BCUT2D eigenvalue weighted by Gasteiger charge is 2.37. The van der Waals surface area contributed by atoms with E-state index in [1.165, 1.54) is 12.1 Å². The Morgan fingerprint density at radius 2 is 1.78 bits per heavy atom. The molecule has 170 valence electrons. The second-order valence-corrected chi connectivity index (χ2v) is 8.46. The number of aliphatic hydroxyl groups excluding tert-OH is 1. The Hall–Kier alpha value is -3.17. The van der Waals surface area contributed by atoms with Crippen LogP contribution in [0.1, 0.15) is 49.8 Å². The minimum absolute atomic E-state index is 0.0229. The maximum Gasteiger partial charge on any atom is 0.278 e. The molecule has 4 rings (SSSR count). The van der Waals surface area contributed by atoms with E-state index in [2.05, 4.69) is 19.2 Å². The molecule has 0 radical (unpaired) electrons. The number of anilines is 1. The third kappa shape index (κ3) is 4.53. The molecule has 2 aromatic rings. The molecule has 2 aliphatic heterocycles. The number of nitrogens with zero attached hydrogens (tertiary/aromatic N) is 2. The van der Waals surface area contributed by atoms with Gasteiger partial charge in [0.05, 0.1) is 22.7 Å². The van der Waals surface area contributed by atoms with Gasteiger partial charge in [0, 0.05) is 18.8 Å². The van der Waals surface area contributed by atoms with E-state index in [0.717, 1.165) is 5.56 Å². The number of fused-ring (bicyclic) bond motifs is 1. The van der Waals surface area contributed by atoms with Crippen molar-refractivity contribution >= 4 is 17.3 Å².